The van der Waals surface area contributed by atoms with Crippen LogP contribution in [0.25, 0.3) is 0 Å². The summed E-state index contributed by atoms with van der Waals surface area (Å²) in [5.41, 5.74) is 2.92. The van der Waals surface area contributed by atoms with E-state index in [0.29, 0.717) is 5.56 Å². The van der Waals surface area contributed by atoms with Crippen LogP contribution in [0.1, 0.15) is 29.7 Å². The van der Waals surface area contributed by atoms with Gasteiger partial charge in [-0.2, -0.15) is 0 Å². The van der Waals surface area contributed by atoms with Gasteiger partial charge in [0.05, 0.1) is 12.6 Å². The highest BCUT2D eigenvalue weighted by Gasteiger charge is 2.20. The highest BCUT2D eigenvalue weighted by atomic mass is 79.9. The largest absolute Gasteiger partial charge is 0.493 e. The standard InChI is InChI=1S/C17H17BrFNO/c1-2-20-17(14-10-13(18)4-5-15(14)19)12-3-6-16-11(9-12)7-8-21-16/h3-6,9-10,17,20H,2,7-8H2,1H3. The Kier molecular flexibility index (Phi) is 4.27. The third-order valence-corrected chi connectivity index (χ3v) is 4.22. The highest BCUT2D eigenvalue weighted by molar-refractivity contribution is 9.10. The summed E-state index contributed by atoms with van der Waals surface area (Å²) in [4.78, 5) is 0. The maximum atomic E-state index is 14.2. The van der Waals surface area contributed by atoms with Crippen molar-refractivity contribution >= 4 is 15.9 Å². The van der Waals surface area contributed by atoms with Crippen molar-refractivity contribution in [2.45, 2.75) is 19.4 Å². The number of nitrogens with one attached hydrogen (secondary N) is 1. The average Bonchev–Trinajstić information content (AvgIpc) is 2.95. The molecule has 0 aliphatic carbocycles. The minimum atomic E-state index is -0.194. The Bertz CT molecular complexity index is 659. The molecule has 2 nitrogen and oxygen atoms in total. The van der Waals surface area contributed by atoms with E-state index in [1.54, 1.807) is 6.07 Å². The van der Waals surface area contributed by atoms with Crippen LogP contribution in [0.15, 0.2) is 40.9 Å². The molecule has 0 fully saturated rings. The van der Waals surface area contributed by atoms with Gasteiger partial charge in [-0.1, -0.05) is 35.0 Å². The van der Waals surface area contributed by atoms with Crippen LogP contribution >= 0.6 is 15.9 Å². The van der Waals surface area contributed by atoms with E-state index in [1.165, 1.54) is 11.6 Å². The molecule has 0 spiro atoms. The maximum absolute atomic E-state index is 14.2. The van der Waals surface area contributed by atoms with E-state index >= 15 is 0 Å². The number of halogens is 2. The molecule has 1 heterocycles. The smallest absolute Gasteiger partial charge is 0.128 e. The first-order chi connectivity index (χ1) is 10.2. The summed E-state index contributed by atoms with van der Waals surface area (Å²) in [6.07, 6.45) is 0.920. The first-order valence-electron chi connectivity index (χ1n) is 7.13. The lowest BCUT2D eigenvalue weighted by atomic mass is 9.96. The van der Waals surface area contributed by atoms with Crippen LogP contribution in [-0.4, -0.2) is 13.2 Å². The fourth-order valence-electron chi connectivity index (χ4n) is 2.73. The van der Waals surface area contributed by atoms with Gasteiger partial charge in [-0.3, -0.25) is 0 Å². The predicted molar refractivity (Wildman–Crippen MR) is 85.3 cm³/mol. The Morgan fingerprint density at radius 1 is 1.29 bits per heavy atom. The fraction of sp³-hybridized carbons (Fsp3) is 0.294. The lowest BCUT2D eigenvalue weighted by Crippen LogP contribution is -2.23. The zero-order chi connectivity index (χ0) is 14.8. The maximum Gasteiger partial charge on any atom is 0.128 e. The summed E-state index contributed by atoms with van der Waals surface area (Å²) in [6.45, 7) is 3.53. The van der Waals surface area contributed by atoms with Crippen molar-refractivity contribution in [3.8, 4) is 5.75 Å². The van der Waals surface area contributed by atoms with E-state index in [-0.39, 0.29) is 11.9 Å². The minimum Gasteiger partial charge on any atom is -0.493 e. The Morgan fingerprint density at radius 2 is 2.14 bits per heavy atom. The van der Waals surface area contributed by atoms with Gasteiger partial charge in [-0.15, -0.1) is 0 Å². The van der Waals surface area contributed by atoms with Gasteiger partial charge in [-0.25, -0.2) is 4.39 Å². The van der Waals surface area contributed by atoms with Gasteiger partial charge in [0.15, 0.2) is 0 Å². The Balaban J connectivity index is 2.03. The van der Waals surface area contributed by atoms with E-state index in [4.69, 9.17) is 4.74 Å². The second-order valence-electron chi connectivity index (χ2n) is 5.12. The molecule has 0 bridgehead atoms. The first-order valence-corrected chi connectivity index (χ1v) is 7.92. The predicted octanol–water partition coefficient (Wildman–Crippen LogP) is 4.22. The van der Waals surface area contributed by atoms with Gasteiger partial charge < -0.3 is 10.1 Å². The van der Waals surface area contributed by atoms with Crippen LogP contribution in [0.3, 0.4) is 0 Å². The first kappa shape index (κ1) is 14.5. The summed E-state index contributed by atoms with van der Waals surface area (Å²) >= 11 is 3.42. The van der Waals surface area contributed by atoms with Crippen molar-refractivity contribution in [2.24, 2.45) is 0 Å². The number of benzene rings is 2. The molecule has 21 heavy (non-hydrogen) atoms. The molecule has 1 aliphatic heterocycles. The lowest BCUT2D eigenvalue weighted by Gasteiger charge is -2.20. The molecule has 2 aromatic carbocycles. The molecular weight excluding hydrogens is 333 g/mol. The summed E-state index contributed by atoms with van der Waals surface area (Å²) < 4.78 is 20.6. The van der Waals surface area contributed by atoms with Gasteiger partial charge >= 0.3 is 0 Å². The van der Waals surface area contributed by atoms with Crippen LogP contribution in [-0.2, 0) is 6.42 Å². The van der Waals surface area contributed by atoms with Crippen molar-refractivity contribution in [2.75, 3.05) is 13.2 Å². The Hall–Kier alpha value is -1.39. The van der Waals surface area contributed by atoms with E-state index in [0.717, 1.165) is 35.4 Å². The normalized spacial score (nSPS) is 14.6. The zero-order valence-electron chi connectivity index (χ0n) is 11.8. The van der Waals surface area contributed by atoms with Crippen LogP contribution in [0, 0.1) is 5.82 Å². The van der Waals surface area contributed by atoms with Crippen molar-refractivity contribution in [1.82, 2.24) is 5.32 Å². The fourth-order valence-corrected chi connectivity index (χ4v) is 3.11. The highest BCUT2D eigenvalue weighted by Crippen LogP contribution is 2.32. The number of rotatable bonds is 4. The number of fused-ring (bicyclic) bond motifs is 1. The van der Waals surface area contributed by atoms with Crippen LogP contribution < -0.4 is 10.1 Å². The molecule has 2 aromatic rings. The zero-order valence-corrected chi connectivity index (χ0v) is 13.4. The van der Waals surface area contributed by atoms with Crippen molar-refractivity contribution in [3.63, 3.8) is 0 Å². The number of hydrogen-bond donors (Lipinski definition) is 1. The second kappa shape index (κ2) is 6.16. The van der Waals surface area contributed by atoms with Crippen LogP contribution in [0.4, 0.5) is 4.39 Å². The molecule has 0 radical (unpaired) electrons. The third kappa shape index (κ3) is 2.97. The van der Waals surface area contributed by atoms with E-state index in [2.05, 4.69) is 27.3 Å². The molecule has 3 rings (SSSR count). The molecule has 1 N–H and O–H groups in total. The van der Waals surface area contributed by atoms with Gasteiger partial charge in [0.2, 0.25) is 0 Å². The second-order valence-corrected chi connectivity index (χ2v) is 6.04. The third-order valence-electron chi connectivity index (χ3n) is 3.72. The molecule has 0 aromatic heterocycles. The summed E-state index contributed by atoms with van der Waals surface area (Å²) in [7, 11) is 0. The van der Waals surface area contributed by atoms with Crippen LogP contribution in [0.5, 0.6) is 5.75 Å². The van der Waals surface area contributed by atoms with Crippen molar-refractivity contribution in [3.05, 3.63) is 63.4 Å². The summed E-state index contributed by atoms with van der Waals surface area (Å²) in [5.74, 6) is 0.754. The minimum absolute atomic E-state index is 0.154. The Labute approximate surface area is 132 Å². The average molecular weight is 350 g/mol. The van der Waals surface area contributed by atoms with E-state index in [1.807, 2.05) is 25.1 Å². The molecule has 1 unspecified atom stereocenters. The van der Waals surface area contributed by atoms with Crippen LogP contribution in [0.2, 0.25) is 0 Å². The Morgan fingerprint density at radius 3 is 2.95 bits per heavy atom. The number of ether oxygens (including phenoxy) is 1. The quantitative estimate of drug-likeness (QED) is 0.891. The molecule has 0 saturated heterocycles. The molecule has 0 amide bonds. The molecule has 1 atom stereocenters. The monoisotopic (exact) mass is 349 g/mol. The van der Waals surface area contributed by atoms with Gasteiger partial charge in [-0.05, 0) is 41.9 Å². The van der Waals surface area contributed by atoms with Crippen molar-refractivity contribution < 1.29 is 9.13 Å². The SMILES string of the molecule is CCNC(c1ccc2c(c1)CCO2)c1cc(Br)ccc1F. The summed E-state index contributed by atoms with van der Waals surface area (Å²) in [6, 6.07) is 11.0. The molecule has 0 saturated carbocycles. The van der Waals surface area contributed by atoms with Gasteiger partial charge in [0, 0.05) is 16.5 Å². The molecule has 110 valence electrons. The van der Waals surface area contributed by atoms with Gasteiger partial charge in [0.25, 0.3) is 0 Å². The molecule has 1 aliphatic rings. The lowest BCUT2D eigenvalue weighted by molar-refractivity contribution is 0.357. The number of hydrogen-bond acceptors (Lipinski definition) is 2. The van der Waals surface area contributed by atoms with Gasteiger partial charge in [0.1, 0.15) is 11.6 Å². The summed E-state index contributed by atoms with van der Waals surface area (Å²) in [5, 5.41) is 3.37. The molecule has 4 heteroatoms. The molecular formula is C17H17BrFNO. The van der Waals surface area contributed by atoms with Crippen molar-refractivity contribution in [1.29, 1.82) is 0 Å². The van der Waals surface area contributed by atoms with E-state index < -0.39 is 0 Å². The topological polar surface area (TPSA) is 21.3 Å². The van der Waals surface area contributed by atoms with E-state index in [9.17, 15) is 4.39 Å².